The van der Waals surface area contributed by atoms with Crippen molar-refractivity contribution in [3.63, 3.8) is 0 Å². The number of benzene rings is 1. The summed E-state index contributed by atoms with van der Waals surface area (Å²) in [6.07, 6.45) is 3.39. The summed E-state index contributed by atoms with van der Waals surface area (Å²) in [4.78, 5) is 8.33. The zero-order chi connectivity index (χ0) is 19.5. The lowest BCUT2D eigenvalue weighted by atomic mass is 10.2. The van der Waals surface area contributed by atoms with E-state index in [2.05, 4.69) is 20.2 Å². The van der Waals surface area contributed by atoms with Crippen molar-refractivity contribution in [1.29, 1.82) is 5.26 Å². The minimum Gasteiger partial charge on any atom is -0.270 e. The van der Waals surface area contributed by atoms with Crippen LogP contribution < -0.4 is 0 Å². The Balaban J connectivity index is 1.83. The van der Waals surface area contributed by atoms with E-state index in [1.165, 1.54) is 11.8 Å². The van der Waals surface area contributed by atoms with Crippen molar-refractivity contribution in [2.75, 3.05) is 0 Å². The summed E-state index contributed by atoms with van der Waals surface area (Å²) < 4.78 is 1.90. The minimum absolute atomic E-state index is 0.165. The molecule has 0 atom stereocenters. The molecule has 0 spiro atoms. The number of hydrogen-bond donors (Lipinski definition) is 0. The first-order valence-corrected chi connectivity index (χ1v) is 9.59. The molecule has 3 aromatic heterocycles. The van der Waals surface area contributed by atoms with Gasteiger partial charge >= 0.3 is 0 Å². The van der Waals surface area contributed by atoms with E-state index in [0.717, 1.165) is 11.3 Å². The summed E-state index contributed by atoms with van der Waals surface area (Å²) in [7, 11) is 0. The fraction of sp³-hybridized carbons (Fsp3) is 0. The average molecular weight is 425 g/mol. The van der Waals surface area contributed by atoms with Gasteiger partial charge in [0.1, 0.15) is 11.1 Å². The molecule has 9 heteroatoms. The van der Waals surface area contributed by atoms with Crippen LogP contribution >= 0.6 is 35.0 Å². The van der Waals surface area contributed by atoms with Gasteiger partial charge in [0.2, 0.25) is 5.16 Å². The van der Waals surface area contributed by atoms with Gasteiger partial charge in [-0.25, -0.2) is 4.98 Å². The maximum absolute atomic E-state index is 9.16. The van der Waals surface area contributed by atoms with Crippen LogP contribution in [0.3, 0.4) is 0 Å². The van der Waals surface area contributed by atoms with Crippen LogP contribution in [0.2, 0.25) is 10.0 Å². The van der Waals surface area contributed by atoms with Gasteiger partial charge in [0.15, 0.2) is 11.5 Å². The highest BCUT2D eigenvalue weighted by Crippen LogP contribution is 2.32. The zero-order valence-corrected chi connectivity index (χ0v) is 16.4. The Bertz CT molecular complexity index is 1170. The second-order valence-electron chi connectivity index (χ2n) is 5.55. The lowest BCUT2D eigenvalue weighted by molar-refractivity contribution is 0.882. The number of nitriles is 1. The third kappa shape index (κ3) is 3.71. The van der Waals surface area contributed by atoms with E-state index < -0.39 is 0 Å². The number of pyridine rings is 2. The highest BCUT2D eigenvalue weighted by molar-refractivity contribution is 7.99. The third-order valence-corrected chi connectivity index (χ3v) is 5.22. The maximum Gasteiger partial charge on any atom is 0.202 e. The van der Waals surface area contributed by atoms with Gasteiger partial charge in [0.25, 0.3) is 0 Å². The predicted molar refractivity (Wildman–Crippen MR) is 108 cm³/mol. The summed E-state index contributed by atoms with van der Waals surface area (Å²) in [6.45, 7) is 0. The number of nitrogens with zero attached hydrogens (tertiary/aromatic N) is 6. The molecule has 0 aliphatic heterocycles. The van der Waals surface area contributed by atoms with Gasteiger partial charge in [-0.1, -0.05) is 23.2 Å². The van der Waals surface area contributed by atoms with Gasteiger partial charge in [-0.05, 0) is 60.3 Å². The first kappa shape index (κ1) is 18.4. The Labute approximate surface area is 174 Å². The lowest BCUT2D eigenvalue weighted by Gasteiger charge is -2.10. The molecule has 28 heavy (non-hydrogen) atoms. The van der Waals surface area contributed by atoms with E-state index in [1.807, 2.05) is 34.9 Å². The standard InChI is InChI=1S/C19H10Cl2N6S/c20-13-1-3-14(4-2-13)27-18(12-7-9-23-10-8-12)25-26-19(27)28-17-6-5-15(21)16(11-22)24-17/h1-10H. The molecule has 0 bridgehead atoms. The Morgan fingerprint density at radius 3 is 2.39 bits per heavy atom. The summed E-state index contributed by atoms with van der Waals surface area (Å²) in [5.74, 6) is 0.654. The summed E-state index contributed by atoms with van der Waals surface area (Å²) in [6, 6.07) is 16.5. The highest BCUT2D eigenvalue weighted by atomic mass is 35.5. The van der Waals surface area contributed by atoms with Crippen molar-refractivity contribution in [3.05, 3.63) is 76.7 Å². The van der Waals surface area contributed by atoms with E-state index in [9.17, 15) is 0 Å². The molecule has 0 amide bonds. The molecule has 3 heterocycles. The van der Waals surface area contributed by atoms with Crippen LogP contribution in [0.5, 0.6) is 0 Å². The molecule has 0 aliphatic carbocycles. The normalized spacial score (nSPS) is 10.6. The molecule has 4 rings (SSSR count). The SMILES string of the molecule is N#Cc1nc(Sc2nnc(-c3ccncc3)n2-c2ccc(Cl)cc2)ccc1Cl. The molecule has 0 saturated heterocycles. The van der Waals surface area contributed by atoms with Gasteiger partial charge in [0.05, 0.1) is 5.02 Å². The van der Waals surface area contributed by atoms with Crippen molar-refractivity contribution >= 4 is 35.0 Å². The fourth-order valence-electron chi connectivity index (χ4n) is 2.50. The molecular weight excluding hydrogens is 415 g/mol. The quantitative estimate of drug-likeness (QED) is 0.455. The number of hydrogen-bond acceptors (Lipinski definition) is 6. The monoisotopic (exact) mass is 424 g/mol. The van der Waals surface area contributed by atoms with E-state index in [0.29, 0.717) is 26.1 Å². The van der Waals surface area contributed by atoms with Crippen molar-refractivity contribution < 1.29 is 0 Å². The number of halogens is 2. The maximum atomic E-state index is 9.16. The van der Waals surface area contributed by atoms with E-state index in [4.69, 9.17) is 28.5 Å². The van der Waals surface area contributed by atoms with Crippen LogP contribution in [0.15, 0.2) is 71.1 Å². The second kappa shape index (κ2) is 7.98. The molecule has 0 unspecified atom stereocenters. The highest BCUT2D eigenvalue weighted by Gasteiger charge is 2.18. The van der Waals surface area contributed by atoms with Crippen LogP contribution in [0, 0.1) is 11.3 Å². The minimum atomic E-state index is 0.165. The molecule has 0 aliphatic rings. The van der Waals surface area contributed by atoms with Gasteiger partial charge < -0.3 is 0 Å². The van der Waals surface area contributed by atoms with Crippen molar-refractivity contribution in [1.82, 2.24) is 24.7 Å². The summed E-state index contributed by atoms with van der Waals surface area (Å²) in [5.41, 5.74) is 1.88. The molecule has 136 valence electrons. The van der Waals surface area contributed by atoms with Crippen LogP contribution in [0.25, 0.3) is 17.1 Å². The second-order valence-corrected chi connectivity index (χ2v) is 7.38. The summed E-state index contributed by atoms with van der Waals surface area (Å²) in [5, 5.41) is 20.0. The zero-order valence-electron chi connectivity index (χ0n) is 14.1. The largest absolute Gasteiger partial charge is 0.270 e. The Kier molecular flexibility index (Phi) is 5.26. The Hall–Kier alpha value is -2.92. The predicted octanol–water partition coefficient (Wildman–Crippen LogP) is 5.05. The smallest absolute Gasteiger partial charge is 0.202 e. The molecular formula is C19H10Cl2N6S. The molecule has 0 radical (unpaired) electrons. The molecule has 0 N–H and O–H groups in total. The van der Waals surface area contributed by atoms with Gasteiger partial charge in [-0.3, -0.25) is 9.55 Å². The Morgan fingerprint density at radius 1 is 0.929 bits per heavy atom. The van der Waals surface area contributed by atoms with E-state index in [1.54, 1.807) is 36.7 Å². The number of rotatable bonds is 4. The van der Waals surface area contributed by atoms with Crippen LogP contribution in [-0.2, 0) is 0 Å². The van der Waals surface area contributed by atoms with Crippen LogP contribution in [0.1, 0.15) is 5.69 Å². The lowest BCUT2D eigenvalue weighted by Crippen LogP contribution is -2.00. The third-order valence-electron chi connectivity index (χ3n) is 3.78. The molecule has 0 fully saturated rings. The van der Waals surface area contributed by atoms with Crippen molar-refractivity contribution in [2.24, 2.45) is 0 Å². The van der Waals surface area contributed by atoms with Gasteiger partial charge in [0, 0.05) is 28.7 Å². The van der Waals surface area contributed by atoms with Crippen molar-refractivity contribution in [2.45, 2.75) is 10.2 Å². The van der Waals surface area contributed by atoms with Gasteiger partial charge in [-0.2, -0.15) is 5.26 Å². The topological polar surface area (TPSA) is 80.3 Å². The molecule has 1 aromatic carbocycles. The first-order valence-electron chi connectivity index (χ1n) is 8.02. The van der Waals surface area contributed by atoms with Gasteiger partial charge in [-0.15, -0.1) is 10.2 Å². The average Bonchev–Trinajstić information content (AvgIpc) is 3.14. The fourth-order valence-corrected chi connectivity index (χ4v) is 3.60. The first-order chi connectivity index (χ1) is 13.7. The van der Waals surface area contributed by atoms with E-state index in [-0.39, 0.29) is 5.69 Å². The van der Waals surface area contributed by atoms with E-state index >= 15 is 0 Å². The molecule has 0 saturated carbocycles. The van der Waals surface area contributed by atoms with Crippen LogP contribution in [0.4, 0.5) is 0 Å². The number of aromatic nitrogens is 5. The molecule has 6 nitrogen and oxygen atoms in total. The Morgan fingerprint density at radius 2 is 1.68 bits per heavy atom. The summed E-state index contributed by atoms with van der Waals surface area (Å²) >= 11 is 13.3. The molecule has 4 aromatic rings. The van der Waals surface area contributed by atoms with Crippen molar-refractivity contribution in [3.8, 4) is 23.1 Å². The van der Waals surface area contributed by atoms with Crippen LogP contribution in [-0.4, -0.2) is 24.7 Å².